The van der Waals surface area contributed by atoms with Gasteiger partial charge in [-0.1, -0.05) is 57.2 Å². The first-order valence-corrected chi connectivity index (χ1v) is 7.75. The predicted molar refractivity (Wildman–Crippen MR) is 81.2 cm³/mol. The molecule has 0 aliphatic carbocycles. The molecule has 1 aromatic carbocycles. The predicted octanol–water partition coefficient (Wildman–Crippen LogP) is 5.49. The molecule has 1 rings (SSSR count). The summed E-state index contributed by atoms with van der Waals surface area (Å²) in [6, 6.07) is 4.95. The van der Waals surface area contributed by atoms with Crippen molar-refractivity contribution in [1.29, 1.82) is 0 Å². The van der Waals surface area contributed by atoms with E-state index in [0.29, 0.717) is 5.02 Å². The zero-order valence-electron chi connectivity index (χ0n) is 12.0. The molecule has 0 heterocycles. The van der Waals surface area contributed by atoms with E-state index in [1.807, 2.05) is 6.07 Å². The highest BCUT2D eigenvalue weighted by atomic mass is 35.5. The van der Waals surface area contributed by atoms with Gasteiger partial charge in [0.25, 0.3) is 0 Å². The van der Waals surface area contributed by atoms with Crippen LogP contribution >= 0.6 is 11.6 Å². The van der Waals surface area contributed by atoms with Gasteiger partial charge in [0.05, 0.1) is 0 Å². The fraction of sp³-hybridized carbons (Fsp3) is 0.625. The van der Waals surface area contributed by atoms with Crippen molar-refractivity contribution < 1.29 is 4.39 Å². The van der Waals surface area contributed by atoms with Gasteiger partial charge in [-0.05, 0) is 37.1 Å². The summed E-state index contributed by atoms with van der Waals surface area (Å²) >= 11 is 6.16. The molecular formula is C16H25ClFN. The maximum Gasteiger partial charge on any atom is 0.124 e. The molecule has 0 aromatic heterocycles. The summed E-state index contributed by atoms with van der Waals surface area (Å²) in [6.45, 7) is 5.32. The molecule has 1 N–H and O–H groups in total. The van der Waals surface area contributed by atoms with Gasteiger partial charge in [0.15, 0.2) is 0 Å². The van der Waals surface area contributed by atoms with Gasteiger partial charge in [-0.15, -0.1) is 0 Å². The third-order valence-corrected chi connectivity index (χ3v) is 3.65. The minimum Gasteiger partial charge on any atom is -0.310 e. The van der Waals surface area contributed by atoms with Gasteiger partial charge in [-0.25, -0.2) is 4.39 Å². The van der Waals surface area contributed by atoms with E-state index in [-0.39, 0.29) is 11.9 Å². The minimum absolute atomic E-state index is 0.241. The van der Waals surface area contributed by atoms with Crippen LogP contribution in [0.15, 0.2) is 18.2 Å². The molecule has 0 saturated heterocycles. The van der Waals surface area contributed by atoms with Crippen molar-refractivity contribution in [2.45, 2.75) is 58.4 Å². The van der Waals surface area contributed by atoms with E-state index >= 15 is 0 Å². The van der Waals surface area contributed by atoms with Crippen LogP contribution in [0.4, 0.5) is 4.39 Å². The molecule has 19 heavy (non-hydrogen) atoms. The summed E-state index contributed by atoms with van der Waals surface area (Å²) in [7, 11) is 0. The lowest BCUT2D eigenvalue weighted by Gasteiger charge is -2.20. The van der Waals surface area contributed by atoms with Crippen molar-refractivity contribution in [2.75, 3.05) is 6.54 Å². The van der Waals surface area contributed by atoms with Gasteiger partial charge in [0.1, 0.15) is 5.82 Å². The van der Waals surface area contributed by atoms with E-state index in [1.165, 1.54) is 37.8 Å². The summed E-state index contributed by atoms with van der Waals surface area (Å²) in [6.07, 6.45) is 7.10. The van der Waals surface area contributed by atoms with Crippen molar-refractivity contribution >= 4 is 11.6 Å². The van der Waals surface area contributed by atoms with E-state index in [0.717, 1.165) is 24.9 Å². The Hall–Kier alpha value is -0.600. The second-order valence-electron chi connectivity index (χ2n) is 5.02. The largest absolute Gasteiger partial charge is 0.310 e. The van der Waals surface area contributed by atoms with Crippen LogP contribution in [0.3, 0.4) is 0 Å². The Kier molecular flexibility index (Phi) is 8.08. The lowest BCUT2D eigenvalue weighted by molar-refractivity contribution is 0.470. The lowest BCUT2D eigenvalue weighted by Crippen LogP contribution is -2.22. The first-order chi connectivity index (χ1) is 9.19. The maximum absolute atomic E-state index is 13.1. The lowest BCUT2D eigenvalue weighted by atomic mass is 9.99. The average Bonchev–Trinajstić information content (AvgIpc) is 2.39. The zero-order valence-corrected chi connectivity index (χ0v) is 12.8. The number of benzene rings is 1. The van der Waals surface area contributed by atoms with Gasteiger partial charge in [-0.3, -0.25) is 0 Å². The topological polar surface area (TPSA) is 12.0 Å². The summed E-state index contributed by atoms with van der Waals surface area (Å²) in [5, 5.41) is 4.05. The second kappa shape index (κ2) is 9.33. The van der Waals surface area contributed by atoms with Crippen LogP contribution in [0.25, 0.3) is 0 Å². The molecule has 1 unspecified atom stereocenters. The summed E-state index contributed by atoms with van der Waals surface area (Å²) in [4.78, 5) is 0. The molecule has 0 spiro atoms. The fourth-order valence-electron chi connectivity index (χ4n) is 2.25. The van der Waals surface area contributed by atoms with E-state index < -0.39 is 0 Å². The van der Waals surface area contributed by atoms with Crippen molar-refractivity contribution in [3.63, 3.8) is 0 Å². The summed E-state index contributed by atoms with van der Waals surface area (Å²) in [5.74, 6) is -0.269. The van der Waals surface area contributed by atoms with Crippen LogP contribution < -0.4 is 5.32 Å². The third kappa shape index (κ3) is 5.92. The molecule has 0 amide bonds. The van der Waals surface area contributed by atoms with E-state index in [1.54, 1.807) is 0 Å². The number of nitrogens with one attached hydrogen (secondary N) is 1. The molecule has 1 nitrogen and oxygen atoms in total. The minimum atomic E-state index is -0.269. The molecule has 1 aromatic rings. The van der Waals surface area contributed by atoms with E-state index in [2.05, 4.69) is 19.2 Å². The second-order valence-corrected chi connectivity index (χ2v) is 5.43. The van der Waals surface area contributed by atoms with Gasteiger partial charge in [-0.2, -0.15) is 0 Å². The number of halogens is 2. The van der Waals surface area contributed by atoms with Gasteiger partial charge in [0, 0.05) is 11.1 Å². The molecule has 0 bridgehead atoms. The highest BCUT2D eigenvalue weighted by Crippen LogP contribution is 2.27. The maximum atomic E-state index is 13.1. The van der Waals surface area contributed by atoms with Crippen LogP contribution in [0, 0.1) is 5.82 Å². The molecule has 1 atom stereocenters. The third-order valence-electron chi connectivity index (χ3n) is 3.33. The summed E-state index contributed by atoms with van der Waals surface area (Å²) < 4.78 is 13.1. The molecule has 0 aliphatic rings. The number of rotatable bonds is 9. The molecule has 108 valence electrons. The van der Waals surface area contributed by atoms with Crippen molar-refractivity contribution in [3.8, 4) is 0 Å². The quantitative estimate of drug-likeness (QED) is 0.592. The molecule has 0 saturated carbocycles. The van der Waals surface area contributed by atoms with Gasteiger partial charge in [0.2, 0.25) is 0 Å². The molecular weight excluding hydrogens is 261 g/mol. The van der Waals surface area contributed by atoms with Crippen LogP contribution in [0.5, 0.6) is 0 Å². The standard InChI is InChI=1S/C16H25ClFN/c1-3-5-6-7-8-16(19-11-4-2)14-10-9-13(18)12-15(14)17/h9-10,12,16,19H,3-8,11H2,1-2H3. The Bertz CT molecular complexity index is 368. The molecule has 0 aliphatic heterocycles. The van der Waals surface area contributed by atoms with Crippen LogP contribution in [0.2, 0.25) is 5.02 Å². The zero-order chi connectivity index (χ0) is 14.1. The normalized spacial score (nSPS) is 12.6. The van der Waals surface area contributed by atoms with Crippen LogP contribution in [0.1, 0.15) is 64.0 Å². The average molecular weight is 286 g/mol. The van der Waals surface area contributed by atoms with Gasteiger partial charge < -0.3 is 5.32 Å². The van der Waals surface area contributed by atoms with Crippen molar-refractivity contribution in [2.24, 2.45) is 0 Å². The van der Waals surface area contributed by atoms with Crippen LogP contribution in [-0.4, -0.2) is 6.54 Å². The Morgan fingerprint density at radius 3 is 2.58 bits per heavy atom. The van der Waals surface area contributed by atoms with Gasteiger partial charge >= 0.3 is 0 Å². The first-order valence-electron chi connectivity index (χ1n) is 7.37. The SMILES string of the molecule is CCCCCCC(NCCC)c1ccc(F)cc1Cl. The highest BCUT2D eigenvalue weighted by Gasteiger charge is 2.14. The number of hydrogen-bond acceptors (Lipinski definition) is 1. The highest BCUT2D eigenvalue weighted by molar-refractivity contribution is 6.31. The van der Waals surface area contributed by atoms with Crippen molar-refractivity contribution in [1.82, 2.24) is 5.32 Å². The Labute approximate surface area is 121 Å². The fourth-order valence-corrected chi connectivity index (χ4v) is 2.54. The van der Waals surface area contributed by atoms with E-state index in [9.17, 15) is 4.39 Å². The smallest absolute Gasteiger partial charge is 0.124 e. The summed E-state index contributed by atoms with van der Waals surface area (Å²) in [5.41, 5.74) is 1.02. The Morgan fingerprint density at radius 1 is 1.16 bits per heavy atom. The number of hydrogen-bond donors (Lipinski definition) is 1. The number of unbranched alkanes of at least 4 members (excludes halogenated alkanes) is 3. The Morgan fingerprint density at radius 2 is 1.95 bits per heavy atom. The Balaban J connectivity index is 2.66. The van der Waals surface area contributed by atoms with E-state index in [4.69, 9.17) is 11.6 Å². The molecule has 3 heteroatoms. The van der Waals surface area contributed by atoms with Crippen molar-refractivity contribution in [3.05, 3.63) is 34.6 Å². The molecule has 0 fully saturated rings. The molecule has 0 radical (unpaired) electrons. The monoisotopic (exact) mass is 285 g/mol. The first kappa shape index (κ1) is 16.5. The van der Waals surface area contributed by atoms with Crippen LogP contribution in [-0.2, 0) is 0 Å².